The van der Waals surface area contributed by atoms with E-state index in [1.807, 2.05) is 6.92 Å². The van der Waals surface area contributed by atoms with Gasteiger partial charge < -0.3 is 10.1 Å². The van der Waals surface area contributed by atoms with E-state index in [9.17, 15) is 4.79 Å². The van der Waals surface area contributed by atoms with Crippen molar-refractivity contribution in [1.82, 2.24) is 5.32 Å². The van der Waals surface area contributed by atoms with Crippen LogP contribution in [0.15, 0.2) is 0 Å². The van der Waals surface area contributed by atoms with Gasteiger partial charge in [0.1, 0.15) is 0 Å². The number of hydrogen-bond donors (Lipinski definition) is 1. The van der Waals surface area contributed by atoms with Gasteiger partial charge >= 0.3 is 5.97 Å². The lowest BCUT2D eigenvalue weighted by atomic mass is 10.1. The number of carbonyl (C=O) groups is 1. The zero-order chi connectivity index (χ0) is 10.4. The Balaban J connectivity index is 2.11. The van der Waals surface area contributed by atoms with Gasteiger partial charge in [0.2, 0.25) is 0 Å². The average molecular weight is 199 g/mol. The van der Waals surface area contributed by atoms with Crippen molar-refractivity contribution in [3.8, 4) is 0 Å². The van der Waals surface area contributed by atoms with Crippen LogP contribution in [0.5, 0.6) is 0 Å². The second kappa shape index (κ2) is 6.02. The molecule has 1 rings (SSSR count). The molecule has 0 spiro atoms. The Morgan fingerprint density at radius 2 is 2.21 bits per heavy atom. The number of esters is 1. The van der Waals surface area contributed by atoms with Gasteiger partial charge in [-0.2, -0.15) is 0 Å². The van der Waals surface area contributed by atoms with Crippen molar-refractivity contribution >= 4 is 5.97 Å². The largest absolute Gasteiger partial charge is 0.465 e. The van der Waals surface area contributed by atoms with E-state index in [4.69, 9.17) is 4.74 Å². The minimum atomic E-state index is -0.132. The molecule has 0 radical (unpaired) electrons. The summed E-state index contributed by atoms with van der Waals surface area (Å²) >= 11 is 0. The topological polar surface area (TPSA) is 38.3 Å². The highest BCUT2D eigenvalue weighted by Crippen LogP contribution is 2.27. The van der Waals surface area contributed by atoms with Crippen molar-refractivity contribution in [3.05, 3.63) is 0 Å². The third-order valence-corrected chi connectivity index (χ3v) is 2.96. The summed E-state index contributed by atoms with van der Waals surface area (Å²) in [4.78, 5) is 11.1. The summed E-state index contributed by atoms with van der Waals surface area (Å²) in [5.41, 5.74) is 0. The lowest BCUT2D eigenvalue weighted by Crippen LogP contribution is -2.32. The lowest BCUT2D eigenvalue weighted by Gasteiger charge is -2.11. The van der Waals surface area contributed by atoms with E-state index in [0.717, 1.165) is 5.92 Å². The van der Waals surface area contributed by atoms with Crippen LogP contribution in [-0.2, 0) is 9.53 Å². The van der Waals surface area contributed by atoms with Gasteiger partial charge in [0.05, 0.1) is 13.2 Å². The van der Waals surface area contributed by atoms with Gasteiger partial charge in [-0.1, -0.05) is 13.3 Å². The fourth-order valence-corrected chi connectivity index (χ4v) is 2.07. The second-order valence-corrected chi connectivity index (χ2v) is 3.97. The summed E-state index contributed by atoms with van der Waals surface area (Å²) in [5.74, 6) is 0.724. The first-order chi connectivity index (χ1) is 6.76. The maximum absolute atomic E-state index is 11.1. The summed E-state index contributed by atoms with van der Waals surface area (Å²) in [6.45, 7) is 4.91. The molecule has 82 valence electrons. The molecule has 0 aromatic rings. The molecule has 1 aliphatic rings. The molecule has 0 amide bonds. The Kier molecular flexibility index (Phi) is 4.94. The molecule has 1 aliphatic carbocycles. The lowest BCUT2D eigenvalue weighted by molar-refractivity contribution is -0.142. The Hall–Kier alpha value is -0.570. The molecule has 0 bridgehead atoms. The van der Waals surface area contributed by atoms with Gasteiger partial charge in [0, 0.05) is 6.04 Å². The molecule has 2 unspecified atom stereocenters. The summed E-state index contributed by atoms with van der Waals surface area (Å²) in [6, 6.07) is 0.532. The van der Waals surface area contributed by atoms with Crippen molar-refractivity contribution in [3.63, 3.8) is 0 Å². The van der Waals surface area contributed by atoms with E-state index in [0.29, 0.717) is 19.2 Å². The van der Waals surface area contributed by atoms with Crippen LogP contribution in [0.3, 0.4) is 0 Å². The second-order valence-electron chi connectivity index (χ2n) is 3.97. The van der Waals surface area contributed by atoms with Crippen molar-refractivity contribution < 1.29 is 9.53 Å². The standard InChI is InChI=1S/C11H21NO2/c1-3-9-5-6-10(7-9)12-8-11(13)14-4-2/h9-10,12H,3-8H2,1-2H3. The van der Waals surface area contributed by atoms with Crippen molar-refractivity contribution in [2.75, 3.05) is 13.2 Å². The van der Waals surface area contributed by atoms with Gasteiger partial charge in [-0.25, -0.2) is 0 Å². The van der Waals surface area contributed by atoms with Gasteiger partial charge in [-0.05, 0) is 32.1 Å². The molecular weight excluding hydrogens is 178 g/mol. The van der Waals surface area contributed by atoms with E-state index in [1.54, 1.807) is 0 Å². The highest BCUT2D eigenvalue weighted by molar-refractivity contribution is 5.71. The van der Waals surface area contributed by atoms with Gasteiger partial charge in [0.25, 0.3) is 0 Å². The van der Waals surface area contributed by atoms with Crippen LogP contribution < -0.4 is 5.32 Å². The minimum Gasteiger partial charge on any atom is -0.465 e. The number of carbonyl (C=O) groups excluding carboxylic acids is 1. The Bertz CT molecular complexity index is 182. The van der Waals surface area contributed by atoms with Gasteiger partial charge in [-0.15, -0.1) is 0 Å². The summed E-state index contributed by atoms with van der Waals surface area (Å²) < 4.78 is 4.85. The Labute approximate surface area is 86.2 Å². The predicted molar refractivity (Wildman–Crippen MR) is 56.1 cm³/mol. The Morgan fingerprint density at radius 1 is 1.43 bits per heavy atom. The maximum Gasteiger partial charge on any atom is 0.319 e. The van der Waals surface area contributed by atoms with Crippen molar-refractivity contribution in [1.29, 1.82) is 0 Å². The quantitative estimate of drug-likeness (QED) is 0.685. The summed E-state index contributed by atoms with van der Waals surface area (Å²) in [5, 5.41) is 3.26. The number of nitrogens with one attached hydrogen (secondary N) is 1. The molecule has 1 saturated carbocycles. The van der Waals surface area contributed by atoms with Gasteiger partial charge in [0.15, 0.2) is 0 Å². The molecule has 0 aromatic heterocycles. The molecule has 1 fully saturated rings. The van der Waals surface area contributed by atoms with Crippen molar-refractivity contribution in [2.45, 2.75) is 45.6 Å². The SMILES string of the molecule is CCOC(=O)CNC1CCC(CC)C1. The average Bonchev–Trinajstić information content (AvgIpc) is 2.63. The molecule has 0 aliphatic heterocycles. The molecule has 14 heavy (non-hydrogen) atoms. The van der Waals surface area contributed by atoms with Crippen LogP contribution >= 0.6 is 0 Å². The van der Waals surface area contributed by atoms with Crippen LogP contribution in [0.1, 0.15) is 39.5 Å². The van der Waals surface area contributed by atoms with Gasteiger partial charge in [-0.3, -0.25) is 4.79 Å². The third kappa shape index (κ3) is 3.66. The first kappa shape index (κ1) is 11.5. The van der Waals surface area contributed by atoms with Crippen LogP contribution in [0.25, 0.3) is 0 Å². The fourth-order valence-electron chi connectivity index (χ4n) is 2.07. The zero-order valence-corrected chi connectivity index (χ0v) is 9.21. The van der Waals surface area contributed by atoms with Crippen LogP contribution in [-0.4, -0.2) is 25.2 Å². The first-order valence-corrected chi connectivity index (χ1v) is 5.65. The molecule has 0 heterocycles. The highest BCUT2D eigenvalue weighted by atomic mass is 16.5. The predicted octanol–water partition coefficient (Wildman–Crippen LogP) is 1.72. The Morgan fingerprint density at radius 3 is 2.79 bits per heavy atom. The van der Waals surface area contributed by atoms with E-state index < -0.39 is 0 Å². The molecule has 0 saturated heterocycles. The van der Waals surface area contributed by atoms with E-state index in [2.05, 4.69) is 12.2 Å². The molecule has 3 heteroatoms. The highest BCUT2D eigenvalue weighted by Gasteiger charge is 2.23. The third-order valence-electron chi connectivity index (χ3n) is 2.96. The fraction of sp³-hybridized carbons (Fsp3) is 0.909. The van der Waals surface area contributed by atoms with Crippen LogP contribution in [0.2, 0.25) is 0 Å². The smallest absolute Gasteiger partial charge is 0.319 e. The van der Waals surface area contributed by atoms with E-state index in [-0.39, 0.29) is 5.97 Å². The summed E-state index contributed by atoms with van der Waals surface area (Å²) in [7, 11) is 0. The number of rotatable bonds is 5. The van der Waals surface area contributed by atoms with Crippen LogP contribution in [0, 0.1) is 5.92 Å². The molecule has 3 nitrogen and oxygen atoms in total. The summed E-state index contributed by atoms with van der Waals surface area (Å²) in [6.07, 6.45) is 4.99. The first-order valence-electron chi connectivity index (χ1n) is 5.65. The maximum atomic E-state index is 11.1. The molecule has 1 N–H and O–H groups in total. The zero-order valence-electron chi connectivity index (χ0n) is 9.21. The monoisotopic (exact) mass is 199 g/mol. The normalized spacial score (nSPS) is 26.4. The minimum absolute atomic E-state index is 0.132. The number of ether oxygens (including phenoxy) is 1. The van der Waals surface area contributed by atoms with Crippen molar-refractivity contribution in [2.24, 2.45) is 5.92 Å². The molecular formula is C11H21NO2. The van der Waals surface area contributed by atoms with Crippen LogP contribution in [0.4, 0.5) is 0 Å². The number of hydrogen-bond acceptors (Lipinski definition) is 3. The van der Waals surface area contributed by atoms with E-state index in [1.165, 1.54) is 25.7 Å². The molecule has 0 aromatic carbocycles. The van der Waals surface area contributed by atoms with E-state index >= 15 is 0 Å². The molecule has 2 atom stereocenters.